The number of nitrogens with two attached hydrogens (primary N) is 1. The van der Waals surface area contributed by atoms with Crippen LogP contribution >= 0.6 is 0 Å². The Labute approximate surface area is 124 Å². The van der Waals surface area contributed by atoms with Crippen molar-refractivity contribution in [3.8, 4) is 22.6 Å². The summed E-state index contributed by atoms with van der Waals surface area (Å²) in [5.74, 6) is 0.528. The van der Waals surface area contributed by atoms with Crippen molar-refractivity contribution in [3.05, 3.63) is 23.9 Å². The van der Waals surface area contributed by atoms with Crippen LogP contribution in [0.5, 0.6) is 11.5 Å². The van der Waals surface area contributed by atoms with Crippen molar-refractivity contribution in [3.63, 3.8) is 0 Å². The first-order valence-corrected chi connectivity index (χ1v) is 6.66. The van der Waals surface area contributed by atoms with Crippen LogP contribution in [0.15, 0.2) is 18.3 Å². The maximum atomic E-state index is 13.4. The summed E-state index contributed by atoms with van der Waals surface area (Å²) >= 11 is 0. The highest BCUT2D eigenvalue weighted by Crippen LogP contribution is 2.45. The van der Waals surface area contributed by atoms with Gasteiger partial charge in [0.2, 0.25) is 0 Å². The van der Waals surface area contributed by atoms with Gasteiger partial charge in [-0.25, -0.2) is 0 Å². The summed E-state index contributed by atoms with van der Waals surface area (Å²) < 4.78 is 52.3. The summed E-state index contributed by atoms with van der Waals surface area (Å²) in [4.78, 5) is 0. The number of fused-ring (bicyclic) bond motifs is 1. The number of halogens is 3. The molecule has 0 spiro atoms. The maximum absolute atomic E-state index is 13.4. The Kier molecular flexibility index (Phi) is 3.38. The number of rotatable bonds is 1. The zero-order valence-electron chi connectivity index (χ0n) is 11.8. The molecule has 1 aromatic heterocycles. The molecular weight excluding hydrogens is 299 g/mol. The molecule has 0 bridgehead atoms. The van der Waals surface area contributed by atoms with Crippen LogP contribution in [0.1, 0.15) is 12.0 Å². The number of benzene rings is 1. The summed E-state index contributed by atoms with van der Waals surface area (Å²) in [7, 11) is 1.56. The topological polar surface area (TPSA) is 62.3 Å². The maximum Gasteiger partial charge on any atom is 0.417 e. The molecule has 0 saturated heterocycles. The van der Waals surface area contributed by atoms with Crippen molar-refractivity contribution < 1.29 is 22.6 Å². The van der Waals surface area contributed by atoms with E-state index in [-0.39, 0.29) is 28.4 Å². The van der Waals surface area contributed by atoms with Gasteiger partial charge in [-0.3, -0.25) is 4.68 Å². The Hall–Kier alpha value is -2.38. The van der Waals surface area contributed by atoms with Crippen LogP contribution in [0.3, 0.4) is 0 Å². The molecule has 3 rings (SSSR count). The van der Waals surface area contributed by atoms with Crippen molar-refractivity contribution >= 4 is 5.82 Å². The van der Waals surface area contributed by atoms with E-state index < -0.39 is 11.7 Å². The normalized spacial score (nSPS) is 14.7. The SMILES string of the molecule is Cn1ncc(-c2cc3c(cc2C(F)(F)F)OCCCO3)c1N. The molecule has 0 atom stereocenters. The molecule has 8 heteroatoms. The molecule has 0 amide bonds. The van der Waals surface area contributed by atoms with E-state index in [1.807, 2.05) is 0 Å². The Morgan fingerprint density at radius 1 is 1.14 bits per heavy atom. The van der Waals surface area contributed by atoms with Gasteiger partial charge in [-0.15, -0.1) is 0 Å². The lowest BCUT2D eigenvalue weighted by Crippen LogP contribution is -2.09. The average molecular weight is 313 g/mol. The minimum atomic E-state index is -4.54. The largest absolute Gasteiger partial charge is 0.490 e. The highest BCUT2D eigenvalue weighted by atomic mass is 19.4. The molecule has 1 aromatic carbocycles. The number of ether oxygens (including phenoxy) is 2. The molecule has 0 unspecified atom stereocenters. The van der Waals surface area contributed by atoms with E-state index in [2.05, 4.69) is 5.10 Å². The van der Waals surface area contributed by atoms with E-state index in [4.69, 9.17) is 15.2 Å². The number of aryl methyl sites for hydroxylation is 1. The second-order valence-corrected chi connectivity index (χ2v) is 4.96. The van der Waals surface area contributed by atoms with Crippen LogP contribution in [0.2, 0.25) is 0 Å². The summed E-state index contributed by atoms with van der Waals surface area (Å²) in [6.07, 6.45) is -2.62. The van der Waals surface area contributed by atoms with Gasteiger partial charge in [0.15, 0.2) is 11.5 Å². The Morgan fingerprint density at radius 2 is 1.77 bits per heavy atom. The van der Waals surface area contributed by atoms with E-state index in [1.165, 1.54) is 16.9 Å². The number of anilines is 1. The molecule has 0 radical (unpaired) electrons. The highest BCUT2D eigenvalue weighted by Gasteiger charge is 2.36. The average Bonchev–Trinajstić information content (AvgIpc) is 2.66. The molecule has 118 valence electrons. The molecule has 2 N–H and O–H groups in total. The van der Waals surface area contributed by atoms with Crippen LogP contribution in [0, 0.1) is 0 Å². The van der Waals surface area contributed by atoms with Crippen molar-refractivity contribution in [2.24, 2.45) is 7.05 Å². The third-order valence-electron chi connectivity index (χ3n) is 3.47. The first-order chi connectivity index (χ1) is 10.4. The predicted octanol–water partition coefficient (Wildman–Crippen LogP) is 2.85. The third-order valence-corrected chi connectivity index (χ3v) is 3.47. The number of hydrogen-bond acceptors (Lipinski definition) is 4. The molecule has 1 aliphatic rings. The molecule has 1 aliphatic heterocycles. The van der Waals surface area contributed by atoms with Gasteiger partial charge in [-0.05, 0) is 12.1 Å². The Morgan fingerprint density at radius 3 is 2.32 bits per heavy atom. The zero-order chi connectivity index (χ0) is 15.9. The van der Waals surface area contributed by atoms with Crippen molar-refractivity contribution in [1.82, 2.24) is 9.78 Å². The van der Waals surface area contributed by atoms with Crippen molar-refractivity contribution in [1.29, 1.82) is 0 Å². The van der Waals surface area contributed by atoms with Gasteiger partial charge < -0.3 is 15.2 Å². The first kappa shape index (κ1) is 14.6. The minimum Gasteiger partial charge on any atom is -0.490 e. The molecule has 0 aliphatic carbocycles. The minimum absolute atomic E-state index is 0.0673. The van der Waals surface area contributed by atoms with Gasteiger partial charge in [-0.2, -0.15) is 18.3 Å². The van der Waals surface area contributed by atoms with Gasteiger partial charge in [0.25, 0.3) is 0 Å². The lowest BCUT2D eigenvalue weighted by molar-refractivity contribution is -0.137. The van der Waals surface area contributed by atoms with Crippen molar-refractivity contribution in [2.75, 3.05) is 18.9 Å². The number of hydrogen-bond donors (Lipinski definition) is 1. The first-order valence-electron chi connectivity index (χ1n) is 6.66. The fraction of sp³-hybridized carbons (Fsp3) is 0.357. The van der Waals surface area contributed by atoms with E-state index >= 15 is 0 Å². The zero-order valence-corrected chi connectivity index (χ0v) is 11.8. The van der Waals surface area contributed by atoms with Gasteiger partial charge in [0, 0.05) is 24.6 Å². The smallest absolute Gasteiger partial charge is 0.417 e. The second-order valence-electron chi connectivity index (χ2n) is 4.96. The molecule has 0 fully saturated rings. The Balaban J connectivity index is 2.23. The van der Waals surface area contributed by atoms with Gasteiger partial charge in [0.05, 0.1) is 25.0 Å². The van der Waals surface area contributed by atoms with Crippen LogP contribution in [-0.4, -0.2) is 23.0 Å². The van der Waals surface area contributed by atoms with Gasteiger partial charge in [0.1, 0.15) is 5.82 Å². The van der Waals surface area contributed by atoms with Crippen LogP contribution in [0.4, 0.5) is 19.0 Å². The van der Waals surface area contributed by atoms with Gasteiger partial charge in [-0.1, -0.05) is 0 Å². The van der Waals surface area contributed by atoms with Crippen LogP contribution in [0.25, 0.3) is 11.1 Å². The quantitative estimate of drug-likeness (QED) is 0.879. The summed E-state index contributed by atoms with van der Waals surface area (Å²) in [5.41, 5.74) is 5.14. The fourth-order valence-corrected chi connectivity index (χ4v) is 2.32. The summed E-state index contributed by atoms with van der Waals surface area (Å²) in [6, 6.07) is 2.28. The van der Waals surface area contributed by atoms with E-state index in [0.717, 1.165) is 6.07 Å². The fourth-order valence-electron chi connectivity index (χ4n) is 2.32. The number of aromatic nitrogens is 2. The van der Waals surface area contributed by atoms with Crippen molar-refractivity contribution in [2.45, 2.75) is 12.6 Å². The number of alkyl halides is 3. The van der Waals surface area contributed by atoms with Crippen LogP contribution < -0.4 is 15.2 Å². The van der Waals surface area contributed by atoms with E-state index in [1.54, 1.807) is 7.05 Å². The lowest BCUT2D eigenvalue weighted by atomic mass is 10.00. The molecule has 2 heterocycles. The monoisotopic (exact) mass is 313 g/mol. The second kappa shape index (κ2) is 5.11. The van der Waals surface area contributed by atoms with Gasteiger partial charge >= 0.3 is 6.18 Å². The molecular formula is C14H14F3N3O2. The number of nitrogens with zero attached hydrogens (tertiary/aromatic N) is 2. The lowest BCUT2D eigenvalue weighted by Gasteiger charge is -2.16. The number of nitrogen functional groups attached to an aromatic ring is 1. The molecule has 2 aromatic rings. The highest BCUT2D eigenvalue weighted by molar-refractivity contribution is 5.79. The van der Waals surface area contributed by atoms with E-state index in [9.17, 15) is 13.2 Å². The molecule has 0 saturated carbocycles. The summed E-state index contributed by atoms with van der Waals surface area (Å²) in [5, 5.41) is 3.90. The standard InChI is InChI=1S/C14H14F3N3O2/c1-20-13(18)9(7-19-20)8-5-11-12(22-4-2-3-21-11)6-10(8)14(15,16)17/h5-7H,2-4,18H2,1H3. The molecule has 5 nitrogen and oxygen atoms in total. The Bertz CT molecular complexity index is 710. The molecule has 22 heavy (non-hydrogen) atoms. The van der Waals surface area contributed by atoms with E-state index in [0.29, 0.717) is 19.6 Å². The predicted molar refractivity (Wildman–Crippen MR) is 73.7 cm³/mol. The summed E-state index contributed by atoms with van der Waals surface area (Å²) in [6.45, 7) is 0.707. The third kappa shape index (κ3) is 2.44. The van der Waals surface area contributed by atoms with Crippen LogP contribution in [-0.2, 0) is 13.2 Å².